The minimum atomic E-state index is 0.0918. The summed E-state index contributed by atoms with van der Waals surface area (Å²) >= 11 is 5.84. The lowest BCUT2D eigenvalue weighted by Gasteiger charge is -2.35. The molecule has 0 saturated carbocycles. The molecule has 0 aliphatic carbocycles. The zero-order valence-corrected chi connectivity index (χ0v) is 13.5. The highest BCUT2D eigenvalue weighted by atomic mass is 35.5. The maximum absolute atomic E-state index is 12.2. The molecule has 0 spiro atoms. The molecule has 0 bridgehead atoms. The first-order chi connectivity index (χ1) is 10.0. The van der Waals surface area contributed by atoms with Crippen LogP contribution in [0.2, 0.25) is 5.02 Å². The lowest BCUT2D eigenvalue weighted by molar-refractivity contribution is -0.127. The molecule has 2 rings (SSSR count). The topological polar surface area (TPSA) is 23.6 Å². The second-order valence-corrected chi connectivity index (χ2v) is 6.34. The first-order valence-corrected chi connectivity index (χ1v) is 7.87. The van der Waals surface area contributed by atoms with Crippen LogP contribution in [0, 0.1) is 5.92 Å². The molecule has 114 valence electrons. The van der Waals surface area contributed by atoms with Crippen LogP contribution in [0.25, 0.3) is 6.08 Å². The molecule has 1 fully saturated rings. The Hall–Kier alpha value is -1.32. The number of piperazine rings is 1. The number of hydrogen-bond acceptors (Lipinski definition) is 2. The van der Waals surface area contributed by atoms with E-state index in [2.05, 4.69) is 18.7 Å². The van der Waals surface area contributed by atoms with E-state index in [9.17, 15) is 4.79 Å². The number of carbonyl (C=O) groups is 1. The zero-order chi connectivity index (χ0) is 15.2. The molecule has 3 nitrogen and oxygen atoms in total. The zero-order valence-electron chi connectivity index (χ0n) is 12.8. The van der Waals surface area contributed by atoms with Gasteiger partial charge < -0.3 is 4.90 Å². The van der Waals surface area contributed by atoms with Crippen LogP contribution in [-0.4, -0.2) is 48.4 Å². The van der Waals surface area contributed by atoms with E-state index in [0.29, 0.717) is 10.9 Å². The number of carbonyl (C=O) groups excluding carboxylic acids is 1. The van der Waals surface area contributed by atoms with Gasteiger partial charge >= 0.3 is 0 Å². The Morgan fingerprint density at radius 1 is 1.19 bits per heavy atom. The molecule has 0 N–H and O–H groups in total. The molecule has 1 aliphatic rings. The highest BCUT2D eigenvalue weighted by molar-refractivity contribution is 6.30. The lowest BCUT2D eigenvalue weighted by atomic mass is 10.2. The van der Waals surface area contributed by atoms with Crippen molar-refractivity contribution in [1.29, 1.82) is 0 Å². The molecule has 21 heavy (non-hydrogen) atoms. The largest absolute Gasteiger partial charge is 0.337 e. The fraction of sp³-hybridized carbons (Fsp3) is 0.471. The molecule has 0 aromatic heterocycles. The molecule has 0 atom stereocenters. The predicted molar refractivity (Wildman–Crippen MR) is 88.3 cm³/mol. The van der Waals surface area contributed by atoms with Crippen molar-refractivity contribution in [3.05, 3.63) is 40.9 Å². The smallest absolute Gasteiger partial charge is 0.246 e. The van der Waals surface area contributed by atoms with Crippen molar-refractivity contribution >= 4 is 23.6 Å². The van der Waals surface area contributed by atoms with Crippen LogP contribution in [0.1, 0.15) is 19.4 Å². The predicted octanol–water partition coefficient (Wildman–Crippen LogP) is 3.15. The standard InChI is InChI=1S/C17H23ClN2O/c1-14(2)13-19-9-11-20(12-10-19)17(21)8-5-15-3-6-16(18)7-4-15/h3-8,14H,9-13H2,1-2H3/b8-5+. The minimum Gasteiger partial charge on any atom is -0.337 e. The molecule has 0 radical (unpaired) electrons. The number of benzene rings is 1. The maximum atomic E-state index is 12.2. The van der Waals surface area contributed by atoms with Crippen molar-refractivity contribution in [3.63, 3.8) is 0 Å². The number of hydrogen-bond donors (Lipinski definition) is 0. The van der Waals surface area contributed by atoms with Gasteiger partial charge in [-0.15, -0.1) is 0 Å². The molecular formula is C17H23ClN2O. The summed E-state index contributed by atoms with van der Waals surface area (Å²) in [6.45, 7) is 9.14. The quantitative estimate of drug-likeness (QED) is 0.798. The van der Waals surface area contributed by atoms with Gasteiger partial charge in [0.15, 0.2) is 0 Å². The van der Waals surface area contributed by atoms with Crippen molar-refractivity contribution in [2.75, 3.05) is 32.7 Å². The SMILES string of the molecule is CC(C)CN1CCN(C(=O)/C=C/c2ccc(Cl)cc2)CC1. The van der Waals surface area contributed by atoms with Gasteiger partial charge in [-0.3, -0.25) is 9.69 Å². The Morgan fingerprint density at radius 2 is 1.81 bits per heavy atom. The van der Waals surface area contributed by atoms with Gasteiger partial charge in [-0.2, -0.15) is 0 Å². The summed E-state index contributed by atoms with van der Waals surface area (Å²) < 4.78 is 0. The van der Waals surface area contributed by atoms with E-state index in [1.54, 1.807) is 6.08 Å². The second-order valence-electron chi connectivity index (χ2n) is 5.90. The van der Waals surface area contributed by atoms with Crippen LogP contribution < -0.4 is 0 Å². The summed E-state index contributed by atoms with van der Waals surface area (Å²) in [6.07, 6.45) is 3.50. The van der Waals surface area contributed by atoms with E-state index < -0.39 is 0 Å². The Bertz CT molecular complexity index is 488. The van der Waals surface area contributed by atoms with Crippen molar-refractivity contribution in [3.8, 4) is 0 Å². The minimum absolute atomic E-state index is 0.0918. The summed E-state index contributed by atoms with van der Waals surface area (Å²) in [4.78, 5) is 16.5. The number of amides is 1. The van der Waals surface area contributed by atoms with Crippen LogP contribution in [0.5, 0.6) is 0 Å². The average Bonchev–Trinajstić information content (AvgIpc) is 2.46. The van der Waals surface area contributed by atoms with Gasteiger partial charge in [-0.25, -0.2) is 0 Å². The Morgan fingerprint density at radius 3 is 2.38 bits per heavy atom. The highest BCUT2D eigenvalue weighted by Crippen LogP contribution is 2.11. The van der Waals surface area contributed by atoms with Gasteiger partial charge in [-0.1, -0.05) is 37.6 Å². The number of halogens is 1. The van der Waals surface area contributed by atoms with Crippen LogP contribution in [0.4, 0.5) is 0 Å². The monoisotopic (exact) mass is 306 g/mol. The van der Waals surface area contributed by atoms with Crippen LogP contribution in [0.3, 0.4) is 0 Å². The number of nitrogens with zero attached hydrogens (tertiary/aromatic N) is 2. The summed E-state index contributed by atoms with van der Waals surface area (Å²) in [5.41, 5.74) is 0.992. The molecule has 0 unspecified atom stereocenters. The Labute approximate surface area is 132 Å². The fourth-order valence-corrected chi connectivity index (χ4v) is 2.64. The van der Waals surface area contributed by atoms with E-state index in [-0.39, 0.29) is 5.91 Å². The lowest BCUT2D eigenvalue weighted by Crippen LogP contribution is -2.49. The molecule has 4 heteroatoms. The molecule has 1 saturated heterocycles. The molecular weight excluding hydrogens is 284 g/mol. The Balaban J connectivity index is 1.83. The summed E-state index contributed by atoms with van der Waals surface area (Å²) in [5.74, 6) is 0.770. The normalized spacial score (nSPS) is 16.9. The third kappa shape index (κ3) is 5.18. The van der Waals surface area contributed by atoms with Crippen molar-refractivity contribution in [2.24, 2.45) is 5.92 Å². The van der Waals surface area contributed by atoms with Crippen molar-refractivity contribution in [2.45, 2.75) is 13.8 Å². The average molecular weight is 307 g/mol. The summed E-state index contributed by atoms with van der Waals surface area (Å²) in [7, 11) is 0. The maximum Gasteiger partial charge on any atom is 0.246 e. The summed E-state index contributed by atoms with van der Waals surface area (Å²) in [5, 5.41) is 0.708. The van der Waals surface area contributed by atoms with E-state index in [0.717, 1.165) is 38.3 Å². The van der Waals surface area contributed by atoms with Crippen LogP contribution >= 0.6 is 11.6 Å². The van der Waals surface area contributed by atoms with Gasteiger partial charge in [0.1, 0.15) is 0 Å². The number of rotatable bonds is 4. The van der Waals surface area contributed by atoms with Gasteiger partial charge in [0.2, 0.25) is 5.91 Å². The third-order valence-electron chi connectivity index (χ3n) is 3.60. The first-order valence-electron chi connectivity index (χ1n) is 7.49. The van der Waals surface area contributed by atoms with E-state index in [4.69, 9.17) is 11.6 Å². The fourth-order valence-electron chi connectivity index (χ4n) is 2.51. The van der Waals surface area contributed by atoms with Crippen LogP contribution in [0.15, 0.2) is 30.3 Å². The molecule has 1 amide bonds. The van der Waals surface area contributed by atoms with Gasteiger partial charge in [0.25, 0.3) is 0 Å². The first kappa shape index (κ1) is 16.1. The van der Waals surface area contributed by atoms with Gasteiger partial charge in [0.05, 0.1) is 0 Å². The van der Waals surface area contributed by atoms with Crippen LogP contribution in [-0.2, 0) is 4.79 Å². The highest BCUT2D eigenvalue weighted by Gasteiger charge is 2.19. The van der Waals surface area contributed by atoms with E-state index in [1.165, 1.54) is 0 Å². The van der Waals surface area contributed by atoms with Crippen molar-refractivity contribution in [1.82, 2.24) is 9.80 Å². The van der Waals surface area contributed by atoms with E-state index >= 15 is 0 Å². The second kappa shape index (κ2) is 7.62. The molecule has 1 aliphatic heterocycles. The third-order valence-corrected chi connectivity index (χ3v) is 3.85. The Kier molecular flexibility index (Phi) is 5.83. The van der Waals surface area contributed by atoms with Gasteiger partial charge in [0, 0.05) is 43.8 Å². The van der Waals surface area contributed by atoms with Gasteiger partial charge in [-0.05, 0) is 29.7 Å². The molecule has 1 aromatic carbocycles. The van der Waals surface area contributed by atoms with Crippen molar-refractivity contribution < 1.29 is 4.79 Å². The van der Waals surface area contributed by atoms with E-state index in [1.807, 2.05) is 35.2 Å². The molecule has 1 aromatic rings. The summed E-state index contributed by atoms with van der Waals surface area (Å²) in [6, 6.07) is 7.48. The molecule has 1 heterocycles.